The van der Waals surface area contributed by atoms with Gasteiger partial charge in [-0.2, -0.15) is 8.78 Å². The van der Waals surface area contributed by atoms with Gasteiger partial charge in [-0.25, -0.2) is 9.18 Å². The van der Waals surface area contributed by atoms with Crippen LogP contribution in [-0.4, -0.2) is 56.2 Å². The first kappa shape index (κ1) is 18.4. The van der Waals surface area contributed by atoms with Crippen LogP contribution < -0.4 is 10.1 Å². The molecule has 0 aromatic heterocycles. The maximum atomic E-state index is 13.8. The van der Waals surface area contributed by atoms with Gasteiger partial charge in [-0.1, -0.05) is 6.07 Å². The minimum absolute atomic E-state index is 0.0878. The molecule has 1 saturated heterocycles. The number of halogens is 3. The molecule has 1 heterocycles. The van der Waals surface area contributed by atoms with E-state index in [4.69, 9.17) is 0 Å². The van der Waals surface area contributed by atoms with Gasteiger partial charge in [-0.15, -0.1) is 0 Å². The summed E-state index contributed by atoms with van der Waals surface area (Å²) >= 11 is 0. The number of benzene rings is 1. The van der Waals surface area contributed by atoms with Gasteiger partial charge in [-0.3, -0.25) is 0 Å². The number of rotatable bonds is 6. The summed E-state index contributed by atoms with van der Waals surface area (Å²) in [7, 11) is 3.96. The Bertz CT molecular complexity index is 569. The number of likely N-dealkylation sites (tertiary alicyclic amines) is 1. The molecule has 2 rings (SSSR count). The summed E-state index contributed by atoms with van der Waals surface area (Å²) in [5, 5.41) is 2.58. The number of carbonyl (C=O) groups excluding carboxylic acids is 1. The summed E-state index contributed by atoms with van der Waals surface area (Å²) in [6.45, 7) is -1.11. The van der Waals surface area contributed by atoms with Crippen molar-refractivity contribution in [1.29, 1.82) is 0 Å². The highest BCUT2D eigenvalue weighted by Gasteiger charge is 2.26. The minimum Gasteiger partial charge on any atom is -0.434 e. The zero-order valence-electron chi connectivity index (χ0n) is 13.8. The Morgan fingerprint density at radius 2 is 2.21 bits per heavy atom. The van der Waals surface area contributed by atoms with Crippen LogP contribution in [0.1, 0.15) is 12.0 Å². The zero-order chi connectivity index (χ0) is 17.7. The molecule has 24 heavy (non-hydrogen) atoms. The fourth-order valence-electron chi connectivity index (χ4n) is 2.88. The molecule has 0 unspecified atom stereocenters. The van der Waals surface area contributed by atoms with E-state index in [1.165, 1.54) is 12.1 Å². The van der Waals surface area contributed by atoms with Crippen LogP contribution in [0.25, 0.3) is 0 Å². The first-order chi connectivity index (χ1) is 11.4. The molecular formula is C16H22F3N3O2. The standard InChI is InChI=1S/C16H22F3N3O2/c1-21(2)9-11-6-7-22(10-11)16(23)20-8-12-13(17)4-3-5-14(12)24-15(18)19/h3-5,11,15H,6-10H2,1-2H3,(H,20,23)/t11-/m0/s1. The lowest BCUT2D eigenvalue weighted by Crippen LogP contribution is -2.39. The molecule has 0 radical (unpaired) electrons. The molecule has 0 saturated carbocycles. The maximum Gasteiger partial charge on any atom is 0.387 e. The predicted octanol–water partition coefficient (Wildman–Crippen LogP) is 2.52. The quantitative estimate of drug-likeness (QED) is 0.862. The molecule has 1 aromatic carbocycles. The molecule has 1 aromatic rings. The summed E-state index contributed by atoms with van der Waals surface area (Å²) in [6, 6.07) is 3.34. The van der Waals surface area contributed by atoms with Gasteiger partial charge in [0.1, 0.15) is 11.6 Å². The van der Waals surface area contributed by atoms with Crippen molar-refractivity contribution in [2.45, 2.75) is 19.6 Å². The largest absolute Gasteiger partial charge is 0.434 e. The molecule has 1 aliphatic heterocycles. The van der Waals surface area contributed by atoms with Gasteiger partial charge >= 0.3 is 12.6 Å². The number of urea groups is 1. The SMILES string of the molecule is CN(C)C[C@@H]1CCN(C(=O)NCc2c(F)cccc2OC(F)F)C1. The molecule has 1 N–H and O–H groups in total. The highest BCUT2D eigenvalue weighted by molar-refractivity contribution is 5.74. The average Bonchev–Trinajstić information content (AvgIpc) is 2.93. The van der Waals surface area contributed by atoms with E-state index in [0.29, 0.717) is 19.0 Å². The van der Waals surface area contributed by atoms with E-state index >= 15 is 0 Å². The lowest BCUT2D eigenvalue weighted by atomic mass is 10.1. The first-order valence-corrected chi connectivity index (χ1v) is 7.76. The molecule has 0 bridgehead atoms. The van der Waals surface area contributed by atoms with E-state index in [0.717, 1.165) is 19.0 Å². The van der Waals surface area contributed by atoms with Crippen LogP contribution >= 0.6 is 0 Å². The number of nitrogens with one attached hydrogen (secondary N) is 1. The van der Waals surface area contributed by atoms with Gasteiger partial charge in [0.2, 0.25) is 0 Å². The smallest absolute Gasteiger partial charge is 0.387 e. The summed E-state index contributed by atoms with van der Waals surface area (Å²) < 4.78 is 42.9. The summed E-state index contributed by atoms with van der Waals surface area (Å²) in [6.07, 6.45) is 0.908. The second-order valence-electron chi connectivity index (χ2n) is 6.12. The first-order valence-electron chi connectivity index (χ1n) is 7.76. The topological polar surface area (TPSA) is 44.8 Å². The number of carbonyl (C=O) groups is 1. The Morgan fingerprint density at radius 1 is 1.46 bits per heavy atom. The number of hydrogen-bond acceptors (Lipinski definition) is 3. The van der Waals surface area contributed by atoms with Crippen molar-refractivity contribution in [1.82, 2.24) is 15.1 Å². The normalized spacial score (nSPS) is 17.6. The van der Waals surface area contributed by atoms with Crippen LogP contribution in [-0.2, 0) is 6.54 Å². The molecule has 0 aliphatic carbocycles. The van der Waals surface area contributed by atoms with Gasteiger partial charge in [0.25, 0.3) is 0 Å². The van der Waals surface area contributed by atoms with Gasteiger partial charge in [-0.05, 0) is 38.6 Å². The Hall–Kier alpha value is -1.96. The van der Waals surface area contributed by atoms with Gasteiger partial charge in [0.05, 0.1) is 6.54 Å². The van der Waals surface area contributed by atoms with Crippen LogP contribution in [0.2, 0.25) is 0 Å². The van der Waals surface area contributed by atoms with Crippen LogP contribution in [0.3, 0.4) is 0 Å². The fourth-order valence-corrected chi connectivity index (χ4v) is 2.88. The Kier molecular flexibility index (Phi) is 6.30. The highest BCUT2D eigenvalue weighted by Crippen LogP contribution is 2.23. The minimum atomic E-state index is -3.05. The van der Waals surface area contributed by atoms with E-state index in [2.05, 4.69) is 15.0 Å². The van der Waals surface area contributed by atoms with Crippen LogP contribution in [0.5, 0.6) is 5.75 Å². The van der Waals surface area contributed by atoms with Crippen molar-refractivity contribution in [3.05, 3.63) is 29.6 Å². The van der Waals surface area contributed by atoms with Crippen LogP contribution in [0.15, 0.2) is 18.2 Å². The predicted molar refractivity (Wildman–Crippen MR) is 83.5 cm³/mol. The monoisotopic (exact) mass is 345 g/mol. The summed E-state index contributed by atoms with van der Waals surface area (Å²) in [5.74, 6) is -0.561. The molecule has 1 atom stereocenters. The zero-order valence-corrected chi connectivity index (χ0v) is 13.8. The van der Waals surface area contributed by atoms with E-state index in [-0.39, 0.29) is 23.9 Å². The lowest BCUT2D eigenvalue weighted by molar-refractivity contribution is -0.0506. The van der Waals surface area contributed by atoms with E-state index in [1.54, 1.807) is 4.90 Å². The number of amides is 2. The molecule has 134 valence electrons. The van der Waals surface area contributed by atoms with Gasteiger partial charge in [0.15, 0.2) is 0 Å². The number of ether oxygens (including phenoxy) is 1. The third-order valence-electron chi connectivity index (χ3n) is 3.90. The van der Waals surface area contributed by atoms with Crippen molar-refractivity contribution in [2.75, 3.05) is 33.7 Å². The molecule has 5 nitrogen and oxygen atoms in total. The van der Waals surface area contributed by atoms with Crippen LogP contribution in [0, 0.1) is 11.7 Å². The average molecular weight is 345 g/mol. The fraction of sp³-hybridized carbons (Fsp3) is 0.562. The molecule has 1 aliphatic rings. The summed E-state index contributed by atoms with van der Waals surface area (Å²) in [4.78, 5) is 15.9. The number of nitrogens with zero attached hydrogens (tertiary/aromatic N) is 2. The molecule has 1 fully saturated rings. The molecule has 0 spiro atoms. The number of alkyl halides is 2. The molecule has 8 heteroatoms. The van der Waals surface area contributed by atoms with E-state index < -0.39 is 12.4 Å². The van der Waals surface area contributed by atoms with Crippen molar-refractivity contribution >= 4 is 6.03 Å². The van der Waals surface area contributed by atoms with Crippen molar-refractivity contribution < 1.29 is 22.7 Å². The third kappa shape index (κ3) is 5.02. The molecular weight excluding hydrogens is 323 g/mol. The van der Waals surface area contributed by atoms with E-state index in [1.807, 2.05) is 14.1 Å². The van der Waals surface area contributed by atoms with Gasteiger partial charge < -0.3 is 19.9 Å². The van der Waals surface area contributed by atoms with Crippen LogP contribution in [0.4, 0.5) is 18.0 Å². The maximum absolute atomic E-state index is 13.8. The Balaban J connectivity index is 1.93. The van der Waals surface area contributed by atoms with Crippen molar-refractivity contribution in [3.8, 4) is 5.75 Å². The van der Waals surface area contributed by atoms with Gasteiger partial charge in [0, 0.05) is 25.2 Å². The summed E-state index contributed by atoms with van der Waals surface area (Å²) in [5.41, 5.74) is -0.0878. The third-order valence-corrected chi connectivity index (χ3v) is 3.90. The van der Waals surface area contributed by atoms with E-state index in [9.17, 15) is 18.0 Å². The lowest BCUT2D eigenvalue weighted by Gasteiger charge is -2.19. The number of hydrogen-bond donors (Lipinski definition) is 1. The Morgan fingerprint density at radius 3 is 2.88 bits per heavy atom. The van der Waals surface area contributed by atoms with Crippen molar-refractivity contribution in [3.63, 3.8) is 0 Å². The molecule has 2 amide bonds. The second kappa shape index (κ2) is 8.23. The Labute approximate surface area is 139 Å². The second-order valence-corrected chi connectivity index (χ2v) is 6.12. The highest BCUT2D eigenvalue weighted by atomic mass is 19.3. The van der Waals surface area contributed by atoms with Crippen molar-refractivity contribution in [2.24, 2.45) is 5.92 Å².